The lowest BCUT2D eigenvalue weighted by Crippen LogP contribution is -2.01. The molecule has 5 heteroatoms. The van der Waals surface area contributed by atoms with E-state index >= 15 is 0 Å². The predicted octanol–water partition coefficient (Wildman–Crippen LogP) is 1.82. The number of rotatable bonds is 4. The van der Waals surface area contributed by atoms with Crippen LogP contribution in [0.25, 0.3) is 0 Å². The number of aromatic nitrogens is 3. The van der Waals surface area contributed by atoms with E-state index in [4.69, 9.17) is 9.84 Å². The Labute approximate surface area is 105 Å². The minimum absolute atomic E-state index is 0.0758. The zero-order valence-electron chi connectivity index (χ0n) is 10.4. The summed E-state index contributed by atoms with van der Waals surface area (Å²) in [5.74, 6) is 0.650. The molecule has 5 nitrogen and oxygen atoms in total. The molecule has 2 rings (SSSR count). The van der Waals surface area contributed by atoms with Gasteiger partial charge in [-0.3, -0.25) is 0 Å². The Morgan fingerprint density at radius 2 is 1.89 bits per heavy atom. The van der Waals surface area contributed by atoms with Crippen molar-refractivity contribution in [3.05, 3.63) is 41.2 Å². The molecule has 18 heavy (non-hydrogen) atoms. The van der Waals surface area contributed by atoms with Gasteiger partial charge < -0.3 is 9.84 Å². The molecule has 1 aromatic carbocycles. The lowest BCUT2D eigenvalue weighted by atomic mass is 10.1. The first kappa shape index (κ1) is 12.4. The average Bonchev–Trinajstić information content (AvgIpc) is 2.37. The fourth-order valence-electron chi connectivity index (χ4n) is 1.51. The molecule has 1 heterocycles. The van der Waals surface area contributed by atoms with Crippen molar-refractivity contribution in [1.29, 1.82) is 0 Å². The van der Waals surface area contributed by atoms with E-state index in [1.54, 1.807) is 0 Å². The largest absolute Gasteiger partial charge is 0.423 e. The molecule has 0 amide bonds. The van der Waals surface area contributed by atoms with Crippen LogP contribution in [-0.4, -0.2) is 26.9 Å². The molecular formula is C13H15N3O2. The van der Waals surface area contributed by atoms with Crippen LogP contribution in [0.3, 0.4) is 0 Å². The Morgan fingerprint density at radius 1 is 1.11 bits per heavy atom. The molecule has 0 saturated heterocycles. The van der Waals surface area contributed by atoms with Crippen LogP contribution in [0.4, 0.5) is 0 Å². The van der Waals surface area contributed by atoms with Crippen LogP contribution < -0.4 is 4.74 Å². The van der Waals surface area contributed by atoms with Crippen LogP contribution in [-0.2, 0) is 6.42 Å². The van der Waals surface area contributed by atoms with Crippen LogP contribution >= 0.6 is 0 Å². The fourth-order valence-corrected chi connectivity index (χ4v) is 1.51. The number of aryl methyl sites for hydroxylation is 2. The summed E-state index contributed by atoms with van der Waals surface area (Å²) in [5.41, 5.74) is 2.49. The normalized spacial score (nSPS) is 10.4. The Bertz CT molecular complexity index is 544. The minimum Gasteiger partial charge on any atom is -0.423 e. The summed E-state index contributed by atoms with van der Waals surface area (Å²) >= 11 is 0. The second-order valence-electron chi connectivity index (χ2n) is 3.95. The van der Waals surface area contributed by atoms with E-state index in [0.29, 0.717) is 12.2 Å². The maximum atomic E-state index is 8.99. The first-order valence-corrected chi connectivity index (χ1v) is 5.75. The third-order valence-corrected chi connectivity index (χ3v) is 2.63. The molecule has 0 aliphatic rings. The van der Waals surface area contributed by atoms with Gasteiger partial charge in [0.15, 0.2) is 0 Å². The van der Waals surface area contributed by atoms with Gasteiger partial charge in [0.2, 0.25) is 0 Å². The topological polar surface area (TPSA) is 68.1 Å². The van der Waals surface area contributed by atoms with E-state index in [1.165, 1.54) is 0 Å². The molecule has 0 atom stereocenters. The monoisotopic (exact) mass is 245 g/mol. The molecule has 0 bridgehead atoms. The first-order chi connectivity index (χ1) is 8.70. The fraction of sp³-hybridized carbons (Fsp3) is 0.308. The van der Waals surface area contributed by atoms with Gasteiger partial charge in [-0.1, -0.05) is 23.3 Å². The van der Waals surface area contributed by atoms with Gasteiger partial charge in [-0.15, -0.1) is 5.10 Å². The maximum absolute atomic E-state index is 8.99. The molecule has 0 aliphatic heterocycles. The first-order valence-electron chi connectivity index (χ1n) is 5.75. The molecule has 1 N–H and O–H groups in total. The highest BCUT2D eigenvalue weighted by Crippen LogP contribution is 2.22. The summed E-state index contributed by atoms with van der Waals surface area (Å²) in [6, 6.07) is 7.72. The smallest absolute Gasteiger partial charge is 0.341 e. The molecule has 0 spiro atoms. The van der Waals surface area contributed by atoms with Crippen LogP contribution in [0.1, 0.15) is 17.0 Å². The van der Waals surface area contributed by atoms with E-state index in [2.05, 4.69) is 15.2 Å². The van der Waals surface area contributed by atoms with Crippen molar-refractivity contribution in [3.8, 4) is 11.8 Å². The van der Waals surface area contributed by atoms with E-state index in [9.17, 15) is 0 Å². The molecular weight excluding hydrogens is 230 g/mol. The number of nitrogens with zero attached hydrogens (tertiary/aromatic N) is 3. The van der Waals surface area contributed by atoms with Gasteiger partial charge in [-0.05, 0) is 31.9 Å². The van der Waals surface area contributed by atoms with Crippen LogP contribution in [0.2, 0.25) is 0 Å². The lowest BCUT2D eigenvalue weighted by molar-refractivity contribution is 0.297. The number of benzene rings is 1. The molecule has 1 aromatic heterocycles. The van der Waals surface area contributed by atoms with Crippen LogP contribution in [0.15, 0.2) is 24.3 Å². The van der Waals surface area contributed by atoms with E-state index in [-0.39, 0.29) is 12.6 Å². The van der Waals surface area contributed by atoms with Crippen molar-refractivity contribution in [3.63, 3.8) is 0 Å². The Morgan fingerprint density at radius 3 is 2.61 bits per heavy atom. The van der Waals surface area contributed by atoms with Gasteiger partial charge >= 0.3 is 6.01 Å². The molecule has 0 saturated carbocycles. The van der Waals surface area contributed by atoms with Gasteiger partial charge in [0.05, 0.1) is 11.4 Å². The quantitative estimate of drug-likeness (QED) is 0.889. The predicted molar refractivity (Wildman–Crippen MR) is 66.6 cm³/mol. The van der Waals surface area contributed by atoms with Gasteiger partial charge in [0.1, 0.15) is 5.75 Å². The number of hydrogen-bond acceptors (Lipinski definition) is 5. The van der Waals surface area contributed by atoms with Gasteiger partial charge in [-0.25, -0.2) is 0 Å². The third-order valence-electron chi connectivity index (χ3n) is 2.63. The van der Waals surface area contributed by atoms with Crippen molar-refractivity contribution in [2.45, 2.75) is 20.3 Å². The van der Waals surface area contributed by atoms with Gasteiger partial charge in [-0.2, -0.15) is 4.98 Å². The SMILES string of the molecule is Cc1nnc(Oc2ccccc2CCO)nc1C. The number of para-hydroxylation sites is 1. The van der Waals surface area contributed by atoms with Crippen molar-refractivity contribution in [2.75, 3.05) is 6.61 Å². The summed E-state index contributed by atoms with van der Waals surface area (Å²) in [5, 5.41) is 16.8. The standard InChI is InChI=1S/C13H15N3O2/c1-9-10(2)15-16-13(14-9)18-12-6-4-3-5-11(12)7-8-17/h3-6,17H,7-8H2,1-2H3. The van der Waals surface area contributed by atoms with Crippen molar-refractivity contribution in [1.82, 2.24) is 15.2 Å². The highest BCUT2D eigenvalue weighted by molar-refractivity contribution is 5.35. The Balaban J connectivity index is 2.25. The van der Waals surface area contributed by atoms with Crippen molar-refractivity contribution < 1.29 is 9.84 Å². The number of aliphatic hydroxyl groups excluding tert-OH is 1. The van der Waals surface area contributed by atoms with Gasteiger partial charge in [0, 0.05) is 6.61 Å². The number of ether oxygens (including phenoxy) is 1. The third kappa shape index (κ3) is 2.81. The second kappa shape index (κ2) is 5.55. The Kier molecular flexibility index (Phi) is 3.84. The molecule has 0 fully saturated rings. The minimum atomic E-state index is 0.0758. The number of aliphatic hydroxyl groups is 1. The highest BCUT2D eigenvalue weighted by atomic mass is 16.5. The molecule has 0 aliphatic carbocycles. The molecule has 0 unspecified atom stereocenters. The van der Waals surface area contributed by atoms with Crippen molar-refractivity contribution >= 4 is 0 Å². The van der Waals surface area contributed by atoms with E-state index in [0.717, 1.165) is 17.0 Å². The van der Waals surface area contributed by atoms with Crippen LogP contribution in [0.5, 0.6) is 11.8 Å². The summed E-state index contributed by atoms with van der Waals surface area (Å²) in [6.07, 6.45) is 0.536. The van der Waals surface area contributed by atoms with Crippen molar-refractivity contribution in [2.24, 2.45) is 0 Å². The molecule has 2 aromatic rings. The van der Waals surface area contributed by atoms with Gasteiger partial charge in [0.25, 0.3) is 0 Å². The zero-order chi connectivity index (χ0) is 13.0. The van der Waals surface area contributed by atoms with E-state index in [1.807, 2.05) is 38.1 Å². The summed E-state index contributed by atoms with van der Waals surface area (Å²) in [6.45, 7) is 3.78. The lowest BCUT2D eigenvalue weighted by Gasteiger charge is -2.08. The average molecular weight is 245 g/mol. The maximum Gasteiger partial charge on any atom is 0.341 e. The van der Waals surface area contributed by atoms with E-state index < -0.39 is 0 Å². The summed E-state index contributed by atoms with van der Waals surface area (Å²) in [7, 11) is 0. The zero-order valence-corrected chi connectivity index (χ0v) is 10.4. The number of hydrogen-bond donors (Lipinski definition) is 1. The summed E-state index contributed by atoms with van der Waals surface area (Å²) < 4.78 is 5.60. The van der Waals surface area contributed by atoms with Crippen LogP contribution in [0, 0.1) is 13.8 Å². The summed E-state index contributed by atoms with van der Waals surface area (Å²) in [4.78, 5) is 4.21. The second-order valence-corrected chi connectivity index (χ2v) is 3.95. The Hall–Kier alpha value is -2.01. The molecule has 94 valence electrons. The highest BCUT2D eigenvalue weighted by Gasteiger charge is 2.07. The molecule has 0 radical (unpaired) electrons.